The zero-order valence-electron chi connectivity index (χ0n) is 9.22. The summed E-state index contributed by atoms with van der Waals surface area (Å²) in [6.07, 6.45) is 8.49. The summed E-state index contributed by atoms with van der Waals surface area (Å²) < 4.78 is 0. The van der Waals surface area contributed by atoms with Gasteiger partial charge >= 0.3 is 0 Å². The van der Waals surface area contributed by atoms with Gasteiger partial charge in [-0.05, 0) is 38.0 Å². The van der Waals surface area contributed by atoms with Crippen molar-refractivity contribution in [1.82, 2.24) is 5.32 Å². The molecule has 1 N–H and O–H groups in total. The average molecular weight is 181 g/mol. The molecule has 1 aliphatic rings. The van der Waals surface area contributed by atoms with E-state index in [0.717, 1.165) is 24.4 Å². The van der Waals surface area contributed by atoms with Gasteiger partial charge in [0.15, 0.2) is 0 Å². The van der Waals surface area contributed by atoms with E-state index in [1.807, 2.05) is 0 Å². The Morgan fingerprint density at radius 2 is 2.15 bits per heavy atom. The van der Waals surface area contributed by atoms with Crippen LogP contribution in [0.1, 0.15) is 40.0 Å². The van der Waals surface area contributed by atoms with Gasteiger partial charge in [0.25, 0.3) is 0 Å². The van der Waals surface area contributed by atoms with Crippen molar-refractivity contribution in [2.75, 3.05) is 6.54 Å². The van der Waals surface area contributed by atoms with Crippen LogP contribution in [0.4, 0.5) is 0 Å². The molecule has 0 aromatic rings. The van der Waals surface area contributed by atoms with Crippen LogP contribution in [-0.4, -0.2) is 12.6 Å². The first-order chi connectivity index (χ1) is 6.26. The molecular formula is C12H23N. The fraction of sp³-hybridized carbons (Fsp3) is 0.833. The predicted octanol–water partition coefficient (Wildman–Crippen LogP) is 2.98. The van der Waals surface area contributed by atoms with Gasteiger partial charge in [-0.2, -0.15) is 0 Å². The van der Waals surface area contributed by atoms with Crippen LogP contribution in [-0.2, 0) is 0 Å². The van der Waals surface area contributed by atoms with Crippen LogP contribution >= 0.6 is 0 Å². The summed E-state index contributed by atoms with van der Waals surface area (Å²) in [4.78, 5) is 0. The molecule has 0 heterocycles. The van der Waals surface area contributed by atoms with Gasteiger partial charge in [0.1, 0.15) is 0 Å². The van der Waals surface area contributed by atoms with E-state index < -0.39 is 0 Å². The van der Waals surface area contributed by atoms with Gasteiger partial charge in [-0.1, -0.05) is 26.0 Å². The fourth-order valence-electron chi connectivity index (χ4n) is 2.01. The van der Waals surface area contributed by atoms with Crippen molar-refractivity contribution in [2.24, 2.45) is 11.8 Å². The lowest BCUT2D eigenvalue weighted by atomic mass is 9.81. The molecule has 1 aliphatic carbocycles. The van der Waals surface area contributed by atoms with E-state index >= 15 is 0 Å². The Morgan fingerprint density at radius 3 is 2.62 bits per heavy atom. The number of rotatable bonds is 5. The summed E-state index contributed by atoms with van der Waals surface area (Å²) in [6, 6.07) is 0.814. The molecular weight excluding hydrogens is 158 g/mol. The smallest absolute Gasteiger partial charge is 0.00723 e. The van der Waals surface area contributed by atoms with Crippen LogP contribution < -0.4 is 5.32 Å². The molecule has 1 atom stereocenters. The second kappa shape index (κ2) is 5.43. The summed E-state index contributed by atoms with van der Waals surface area (Å²) in [5, 5.41) is 3.63. The summed E-state index contributed by atoms with van der Waals surface area (Å²) in [6.45, 7) is 7.86. The highest BCUT2D eigenvalue weighted by atomic mass is 14.9. The fourth-order valence-corrected chi connectivity index (χ4v) is 2.01. The molecule has 0 aromatic heterocycles. The molecule has 1 fully saturated rings. The third-order valence-corrected chi connectivity index (χ3v) is 3.03. The zero-order chi connectivity index (χ0) is 9.68. The minimum Gasteiger partial charge on any atom is -0.313 e. The van der Waals surface area contributed by atoms with Crippen molar-refractivity contribution in [2.45, 2.75) is 46.1 Å². The molecule has 0 amide bonds. The Hall–Kier alpha value is -0.300. The molecule has 0 aromatic carbocycles. The van der Waals surface area contributed by atoms with E-state index in [1.54, 1.807) is 0 Å². The van der Waals surface area contributed by atoms with Crippen molar-refractivity contribution in [3.05, 3.63) is 12.2 Å². The Morgan fingerprint density at radius 1 is 1.46 bits per heavy atom. The second-order valence-corrected chi connectivity index (χ2v) is 4.38. The van der Waals surface area contributed by atoms with Crippen LogP contribution in [0.3, 0.4) is 0 Å². The van der Waals surface area contributed by atoms with E-state index in [1.165, 1.54) is 19.3 Å². The van der Waals surface area contributed by atoms with E-state index in [0.29, 0.717) is 0 Å². The van der Waals surface area contributed by atoms with Crippen molar-refractivity contribution in [1.29, 1.82) is 0 Å². The minimum absolute atomic E-state index is 0.737. The van der Waals surface area contributed by atoms with Crippen molar-refractivity contribution in [3.8, 4) is 0 Å². The SMILES string of the molecule is CC=CC(CC)CNC1CC(C)C1. The normalized spacial score (nSPS) is 30.4. The molecule has 0 bridgehead atoms. The summed E-state index contributed by atoms with van der Waals surface area (Å²) >= 11 is 0. The minimum atomic E-state index is 0.737. The van der Waals surface area contributed by atoms with Crippen LogP contribution in [0.2, 0.25) is 0 Å². The molecule has 1 rings (SSSR count). The largest absolute Gasteiger partial charge is 0.313 e. The third-order valence-electron chi connectivity index (χ3n) is 3.03. The van der Waals surface area contributed by atoms with Crippen LogP contribution in [0.15, 0.2) is 12.2 Å². The quantitative estimate of drug-likeness (QED) is 0.643. The highest BCUT2D eigenvalue weighted by Crippen LogP contribution is 2.26. The van der Waals surface area contributed by atoms with Gasteiger partial charge in [0.05, 0.1) is 0 Å². The van der Waals surface area contributed by atoms with Gasteiger partial charge in [-0.3, -0.25) is 0 Å². The highest BCUT2D eigenvalue weighted by Gasteiger charge is 2.24. The van der Waals surface area contributed by atoms with Gasteiger partial charge in [0.2, 0.25) is 0 Å². The Bertz CT molecular complexity index is 157. The maximum Gasteiger partial charge on any atom is 0.00723 e. The van der Waals surface area contributed by atoms with E-state index in [9.17, 15) is 0 Å². The number of hydrogen-bond acceptors (Lipinski definition) is 1. The summed E-state index contributed by atoms with van der Waals surface area (Å²) in [5.74, 6) is 1.69. The molecule has 1 saturated carbocycles. The maximum atomic E-state index is 3.63. The van der Waals surface area contributed by atoms with Crippen LogP contribution in [0.5, 0.6) is 0 Å². The number of allylic oxidation sites excluding steroid dienone is 1. The van der Waals surface area contributed by atoms with Gasteiger partial charge in [-0.25, -0.2) is 0 Å². The lowest BCUT2D eigenvalue weighted by Gasteiger charge is -2.34. The first-order valence-corrected chi connectivity index (χ1v) is 5.62. The summed E-state index contributed by atoms with van der Waals surface area (Å²) in [7, 11) is 0. The molecule has 76 valence electrons. The Balaban J connectivity index is 2.09. The highest BCUT2D eigenvalue weighted by molar-refractivity contribution is 4.89. The van der Waals surface area contributed by atoms with Crippen molar-refractivity contribution >= 4 is 0 Å². The van der Waals surface area contributed by atoms with Crippen LogP contribution in [0, 0.1) is 11.8 Å². The second-order valence-electron chi connectivity index (χ2n) is 4.38. The monoisotopic (exact) mass is 181 g/mol. The molecule has 0 aliphatic heterocycles. The lowest BCUT2D eigenvalue weighted by Crippen LogP contribution is -2.41. The topological polar surface area (TPSA) is 12.0 Å². The van der Waals surface area contributed by atoms with E-state index in [2.05, 4.69) is 38.2 Å². The van der Waals surface area contributed by atoms with E-state index in [-0.39, 0.29) is 0 Å². The first-order valence-electron chi connectivity index (χ1n) is 5.62. The average Bonchev–Trinajstić information content (AvgIpc) is 2.08. The van der Waals surface area contributed by atoms with Gasteiger partial charge < -0.3 is 5.32 Å². The van der Waals surface area contributed by atoms with Crippen molar-refractivity contribution < 1.29 is 0 Å². The van der Waals surface area contributed by atoms with Gasteiger partial charge in [0, 0.05) is 12.6 Å². The molecule has 0 spiro atoms. The molecule has 0 saturated heterocycles. The molecule has 1 heteroatoms. The predicted molar refractivity (Wildman–Crippen MR) is 58.8 cm³/mol. The summed E-state index contributed by atoms with van der Waals surface area (Å²) in [5.41, 5.74) is 0. The van der Waals surface area contributed by atoms with Crippen molar-refractivity contribution in [3.63, 3.8) is 0 Å². The Labute approximate surface area is 82.6 Å². The number of hydrogen-bond donors (Lipinski definition) is 1. The van der Waals surface area contributed by atoms with E-state index in [4.69, 9.17) is 0 Å². The molecule has 1 unspecified atom stereocenters. The Kier molecular flexibility index (Phi) is 4.51. The van der Waals surface area contributed by atoms with Crippen LogP contribution in [0.25, 0.3) is 0 Å². The molecule has 0 radical (unpaired) electrons. The molecule has 13 heavy (non-hydrogen) atoms. The maximum absolute atomic E-state index is 3.63. The zero-order valence-corrected chi connectivity index (χ0v) is 9.22. The lowest BCUT2D eigenvalue weighted by molar-refractivity contribution is 0.236. The third kappa shape index (κ3) is 3.51. The first kappa shape index (κ1) is 10.8. The van der Waals surface area contributed by atoms with Gasteiger partial charge in [-0.15, -0.1) is 0 Å². The number of nitrogens with one attached hydrogen (secondary N) is 1. The molecule has 1 nitrogen and oxygen atoms in total. The standard InChI is InChI=1S/C12H23N/c1-4-6-11(5-2)9-13-12-7-10(3)8-12/h4,6,10-13H,5,7-9H2,1-3H3.